The molecular formula is C15H21NO3. The van der Waals surface area contributed by atoms with E-state index in [-0.39, 0.29) is 0 Å². The number of para-hydroxylation sites is 1. The minimum absolute atomic E-state index is 0.376. The molecule has 0 atom stereocenters. The molecule has 1 saturated carbocycles. The van der Waals surface area contributed by atoms with Gasteiger partial charge in [-0.25, -0.2) is 4.79 Å². The van der Waals surface area contributed by atoms with Crippen LogP contribution in [0.4, 0.5) is 4.79 Å². The standard InChI is InChI=1S/C15H21NO3/c17-15(19-14-9-5-2-6-10-14)16-11-12-18-13-7-3-1-4-8-13/h2,5-6,9-10,13H,1,3-4,7-8,11-12H2,(H,16,17). The van der Waals surface area contributed by atoms with Crippen molar-refractivity contribution >= 4 is 6.09 Å². The average molecular weight is 263 g/mol. The molecule has 1 aliphatic carbocycles. The lowest BCUT2D eigenvalue weighted by Crippen LogP contribution is -2.31. The number of hydrogen-bond donors (Lipinski definition) is 1. The van der Waals surface area contributed by atoms with Crippen LogP contribution in [-0.4, -0.2) is 25.3 Å². The molecule has 0 unspecified atom stereocenters. The summed E-state index contributed by atoms with van der Waals surface area (Å²) in [4.78, 5) is 11.5. The predicted molar refractivity (Wildman–Crippen MR) is 73.3 cm³/mol. The molecule has 4 nitrogen and oxygen atoms in total. The second kappa shape index (κ2) is 7.79. The Kier molecular flexibility index (Phi) is 5.69. The molecule has 2 rings (SSSR count). The van der Waals surface area contributed by atoms with Crippen LogP contribution in [0.1, 0.15) is 32.1 Å². The molecule has 0 saturated heterocycles. The lowest BCUT2D eigenvalue weighted by atomic mass is 9.98. The lowest BCUT2D eigenvalue weighted by molar-refractivity contribution is 0.0306. The molecular weight excluding hydrogens is 242 g/mol. The number of carbonyl (C=O) groups is 1. The van der Waals surface area contributed by atoms with Crippen molar-refractivity contribution in [2.75, 3.05) is 13.2 Å². The summed E-state index contributed by atoms with van der Waals surface area (Å²) in [5.41, 5.74) is 0. The van der Waals surface area contributed by atoms with E-state index in [1.807, 2.05) is 18.2 Å². The van der Waals surface area contributed by atoms with Crippen LogP contribution in [0.25, 0.3) is 0 Å². The molecule has 19 heavy (non-hydrogen) atoms. The number of ether oxygens (including phenoxy) is 2. The minimum atomic E-state index is -0.432. The maximum atomic E-state index is 11.5. The molecule has 4 heteroatoms. The monoisotopic (exact) mass is 263 g/mol. The van der Waals surface area contributed by atoms with Crippen LogP contribution < -0.4 is 10.1 Å². The highest BCUT2D eigenvalue weighted by molar-refractivity contribution is 5.70. The fourth-order valence-electron chi connectivity index (χ4n) is 2.24. The largest absolute Gasteiger partial charge is 0.412 e. The van der Waals surface area contributed by atoms with Crippen LogP contribution in [0.5, 0.6) is 5.75 Å². The van der Waals surface area contributed by atoms with E-state index < -0.39 is 6.09 Å². The van der Waals surface area contributed by atoms with Crippen molar-refractivity contribution in [2.45, 2.75) is 38.2 Å². The number of rotatable bonds is 5. The fraction of sp³-hybridized carbons (Fsp3) is 0.533. The van der Waals surface area contributed by atoms with E-state index in [2.05, 4.69) is 5.32 Å². The van der Waals surface area contributed by atoms with Crippen molar-refractivity contribution in [1.82, 2.24) is 5.32 Å². The van der Waals surface area contributed by atoms with Crippen LogP contribution >= 0.6 is 0 Å². The van der Waals surface area contributed by atoms with E-state index >= 15 is 0 Å². The number of amides is 1. The molecule has 0 spiro atoms. The van der Waals surface area contributed by atoms with Crippen molar-refractivity contribution < 1.29 is 14.3 Å². The third-order valence-corrected chi connectivity index (χ3v) is 3.23. The first kappa shape index (κ1) is 13.9. The van der Waals surface area contributed by atoms with Gasteiger partial charge in [-0.1, -0.05) is 37.5 Å². The van der Waals surface area contributed by atoms with E-state index in [0.29, 0.717) is 25.0 Å². The second-order valence-corrected chi connectivity index (χ2v) is 4.76. The van der Waals surface area contributed by atoms with Gasteiger partial charge >= 0.3 is 6.09 Å². The quantitative estimate of drug-likeness (QED) is 0.830. The van der Waals surface area contributed by atoms with E-state index in [1.165, 1.54) is 19.3 Å². The summed E-state index contributed by atoms with van der Waals surface area (Å²) in [6.07, 6.45) is 6.08. The van der Waals surface area contributed by atoms with Gasteiger partial charge in [0.25, 0.3) is 0 Å². The first-order chi connectivity index (χ1) is 9.34. The predicted octanol–water partition coefficient (Wildman–Crippen LogP) is 3.12. The summed E-state index contributed by atoms with van der Waals surface area (Å²) in [6.45, 7) is 1.04. The Balaban J connectivity index is 1.56. The van der Waals surface area contributed by atoms with Gasteiger partial charge < -0.3 is 14.8 Å². The second-order valence-electron chi connectivity index (χ2n) is 4.76. The Morgan fingerprint density at radius 3 is 2.63 bits per heavy atom. The van der Waals surface area contributed by atoms with Crippen LogP contribution in [0.15, 0.2) is 30.3 Å². The number of hydrogen-bond acceptors (Lipinski definition) is 3. The SMILES string of the molecule is O=C(NCCOC1CCCCC1)Oc1ccccc1. The molecule has 0 bridgehead atoms. The minimum Gasteiger partial charge on any atom is -0.410 e. The van der Waals surface area contributed by atoms with Gasteiger partial charge in [0.2, 0.25) is 0 Å². The lowest BCUT2D eigenvalue weighted by Gasteiger charge is -2.21. The molecule has 104 valence electrons. The first-order valence-electron chi connectivity index (χ1n) is 6.97. The van der Waals surface area contributed by atoms with Gasteiger partial charge in [-0.15, -0.1) is 0 Å². The van der Waals surface area contributed by atoms with Gasteiger partial charge in [-0.2, -0.15) is 0 Å². The van der Waals surface area contributed by atoms with Crippen molar-refractivity contribution in [3.63, 3.8) is 0 Å². The van der Waals surface area contributed by atoms with E-state index in [4.69, 9.17) is 9.47 Å². The number of carbonyl (C=O) groups excluding carboxylic acids is 1. The van der Waals surface area contributed by atoms with Crippen LogP contribution in [0.3, 0.4) is 0 Å². The van der Waals surface area contributed by atoms with Crippen molar-refractivity contribution in [1.29, 1.82) is 0 Å². The van der Waals surface area contributed by atoms with Gasteiger partial charge in [0.1, 0.15) is 5.75 Å². The van der Waals surface area contributed by atoms with Gasteiger partial charge in [0.05, 0.1) is 12.7 Å². The van der Waals surface area contributed by atoms with Gasteiger partial charge in [0.15, 0.2) is 0 Å². The molecule has 1 aromatic carbocycles. The van der Waals surface area contributed by atoms with Crippen molar-refractivity contribution in [2.24, 2.45) is 0 Å². The Labute approximate surface area is 114 Å². The summed E-state index contributed by atoms with van der Waals surface area (Å²) in [5.74, 6) is 0.549. The van der Waals surface area contributed by atoms with Gasteiger partial charge in [-0.05, 0) is 25.0 Å². The van der Waals surface area contributed by atoms with Crippen LogP contribution in [0, 0.1) is 0 Å². The molecule has 1 amide bonds. The van der Waals surface area contributed by atoms with Crippen molar-refractivity contribution in [3.8, 4) is 5.75 Å². The molecule has 0 aliphatic heterocycles. The molecule has 1 aliphatic rings. The van der Waals surface area contributed by atoms with E-state index in [9.17, 15) is 4.79 Å². The zero-order valence-electron chi connectivity index (χ0n) is 11.1. The van der Waals surface area contributed by atoms with Gasteiger partial charge in [-0.3, -0.25) is 0 Å². The summed E-state index contributed by atoms with van der Waals surface area (Å²) in [6, 6.07) is 9.03. The fourth-order valence-corrected chi connectivity index (χ4v) is 2.24. The summed E-state index contributed by atoms with van der Waals surface area (Å²) < 4.78 is 10.8. The molecule has 0 aromatic heterocycles. The highest BCUT2D eigenvalue weighted by Crippen LogP contribution is 2.19. The Morgan fingerprint density at radius 1 is 1.16 bits per heavy atom. The highest BCUT2D eigenvalue weighted by Gasteiger charge is 2.13. The summed E-state index contributed by atoms with van der Waals surface area (Å²) in [7, 11) is 0. The maximum Gasteiger partial charge on any atom is 0.412 e. The maximum absolute atomic E-state index is 11.5. The zero-order valence-corrected chi connectivity index (χ0v) is 11.1. The summed E-state index contributed by atoms with van der Waals surface area (Å²) >= 11 is 0. The topological polar surface area (TPSA) is 47.6 Å². The molecule has 1 N–H and O–H groups in total. The smallest absolute Gasteiger partial charge is 0.410 e. The van der Waals surface area contributed by atoms with Crippen LogP contribution in [-0.2, 0) is 4.74 Å². The third-order valence-electron chi connectivity index (χ3n) is 3.23. The first-order valence-corrected chi connectivity index (χ1v) is 6.97. The molecule has 1 fully saturated rings. The molecule has 0 radical (unpaired) electrons. The molecule has 0 heterocycles. The number of benzene rings is 1. The zero-order chi connectivity index (χ0) is 13.3. The van der Waals surface area contributed by atoms with Crippen LogP contribution in [0.2, 0.25) is 0 Å². The Bertz CT molecular complexity index is 374. The highest BCUT2D eigenvalue weighted by atomic mass is 16.6. The van der Waals surface area contributed by atoms with E-state index in [0.717, 1.165) is 12.8 Å². The van der Waals surface area contributed by atoms with Crippen molar-refractivity contribution in [3.05, 3.63) is 30.3 Å². The Hall–Kier alpha value is -1.55. The normalized spacial score (nSPS) is 16.0. The van der Waals surface area contributed by atoms with E-state index in [1.54, 1.807) is 12.1 Å². The third kappa shape index (κ3) is 5.30. The van der Waals surface area contributed by atoms with Gasteiger partial charge in [0, 0.05) is 6.54 Å². The average Bonchev–Trinajstić information content (AvgIpc) is 2.46. The molecule has 1 aromatic rings. The number of nitrogens with one attached hydrogen (secondary N) is 1. The Morgan fingerprint density at radius 2 is 1.89 bits per heavy atom. The summed E-state index contributed by atoms with van der Waals surface area (Å²) in [5, 5.41) is 2.68.